The van der Waals surface area contributed by atoms with Crippen molar-refractivity contribution in [3.8, 4) is 11.5 Å². The van der Waals surface area contributed by atoms with Crippen molar-refractivity contribution in [3.05, 3.63) is 88.9 Å². The summed E-state index contributed by atoms with van der Waals surface area (Å²) in [4.78, 5) is 68.1. The maximum Gasteiger partial charge on any atom is 0.276 e. The number of nitrogens with zero attached hydrogens (tertiary/aromatic N) is 8. The number of rotatable bonds is 18. The minimum absolute atomic E-state index is 0.102. The summed E-state index contributed by atoms with van der Waals surface area (Å²) in [6.07, 6.45) is 11.4. The Bertz CT molecular complexity index is 2640. The van der Waals surface area contributed by atoms with Crippen molar-refractivity contribution in [1.29, 1.82) is 0 Å². The van der Waals surface area contributed by atoms with Crippen LogP contribution in [-0.4, -0.2) is 103 Å². The van der Waals surface area contributed by atoms with Crippen LogP contribution >= 0.6 is 0 Å². The number of carbonyl (C=O) groups excluding carboxylic acids is 4. The highest BCUT2D eigenvalue weighted by Gasteiger charge is 2.24. The number of nitrogens with one attached hydrogen (secondary N) is 2. The molecular weight excluding hydrogens is 795 g/mol. The summed E-state index contributed by atoms with van der Waals surface area (Å²) >= 11 is 0. The highest BCUT2D eigenvalue weighted by molar-refractivity contribution is 6.47. The van der Waals surface area contributed by atoms with Crippen molar-refractivity contribution >= 4 is 63.3 Å². The van der Waals surface area contributed by atoms with Crippen LogP contribution in [0.3, 0.4) is 0 Å². The SMILES string of the molecule is CCN=C(/C=C(/C)N)C(=O)Nc1nc2cc(C(N)=O)cc(OC/C=C/[C@@H]3CCCN3C)c2n1C/C=C/Cn1c(NC(=O)c2cc(C)nn2CC)nc2cc(C(N)=O)cc(OC)c21. The van der Waals surface area contributed by atoms with Crippen LogP contribution in [0.15, 0.2) is 71.4 Å². The van der Waals surface area contributed by atoms with E-state index in [4.69, 9.17) is 31.7 Å². The second-order valence-corrected chi connectivity index (χ2v) is 14.8. The fourth-order valence-electron chi connectivity index (χ4n) is 7.32. The van der Waals surface area contributed by atoms with Crippen LogP contribution < -0.4 is 37.3 Å². The molecular formula is C43H53N13O6. The van der Waals surface area contributed by atoms with E-state index < -0.39 is 23.6 Å². The Hall–Kier alpha value is -7.28. The van der Waals surface area contributed by atoms with Gasteiger partial charge in [0.15, 0.2) is 0 Å². The molecule has 5 aromatic rings. The number of hydrogen-bond donors (Lipinski definition) is 5. The Morgan fingerprint density at radius 1 is 0.887 bits per heavy atom. The molecule has 1 aliphatic rings. The molecule has 19 heteroatoms. The van der Waals surface area contributed by atoms with E-state index in [0.717, 1.165) is 19.4 Å². The lowest BCUT2D eigenvalue weighted by Crippen LogP contribution is -2.24. The fourth-order valence-corrected chi connectivity index (χ4v) is 7.32. The lowest BCUT2D eigenvalue weighted by atomic mass is 10.1. The van der Waals surface area contributed by atoms with Crippen molar-refractivity contribution in [2.24, 2.45) is 22.2 Å². The third-order valence-electron chi connectivity index (χ3n) is 10.2. The van der Waals surface area contributed by atoms with Gasteiger partial charge in [-0.3, -0.25) is 44.4 Å². The number of carbonyl (C=O) groups is 4. The van der Waals surface area contributed by atoms with Gasteiger partial charge >= 0.3 is 0 Å². The number of imidazole rings is 2. The van der Waals surface area contributed by atoms with E-state index in [2.05, 4.69) is 43.7 Å². The van der Waals surface area contributed by atoms with E-state index in [1.165, 1.54) is 25.3 Å². The number of amides is 4. The Kier molecular flexibility index (Phi) is 13.9. The highest BCUT2D eigenvalue weighted by atomic mass is 16.5. The predicted octanol–water partition coefficient (Wildman–Crippen LogP) is 3.92. The molecule has 3 aromatic heterocycles. The number of aromatic nitrogens is 6. The lowest BCUT2D eigenvalue weighted by molar-refractivity contribution is -0.110. The van der Waals surface area contributed by atoms with E-state index in [9.17, 15) is 19.2 Å². The first-order valence-electron chi connectivity index (χ1n) is 20.2. The number of methoxy groups -OCH3 is 1. The number of benzene rings is 2. The van der Waals surface area contributed by atoms with Crippen LogP contribution in [0.4, 0.5) is 11.9 Å². The van der Waals surface area contributed by atoms with Gasteiger partial charge in [-0.15, -0.1) is 0 Å². The van der Waals surface area contributed by atoms with E-state index in [-0.39, 0.29) is 48.4 Å². The Morgan fingerprint density at radius 2 is 1.50 bits per heavy atom. The van der Waals surface area contributed by atoms with Gasteiger partial charge in [-0.25, -0.2) is 9.97 Å². The van der Waals surface area contributed by atoms with Gasteiger partial charge in [0.25, 0.3) is 11.8 Å². The molecule has 0 bridgehead atoms. The minimum Gasteiger partial charge on any atom is -0.494 e. The number of aliphatic imine (C=N–C) groups is 1. The first-order chi connectivity index (χ1) is 29.7. The molecule has 1 fully saturated rings. The van der Waals surface area contributed by atoms with Crippen LogP contribution in [0.5, 0.6) is 11.5 Å². The first-order valence-corrected chi connectivity index (χ1v) is 20.2. The number of nitrogens with two attached hydrogens (primary N) is 3. The van der Waals surface area contributed by atoms with Crippen LogP contribution in [0.1, 0.15) is 70.5 Å². The number of hydrogen-bond acceptors (Lipinski definition) is 12. The number of anilines is 2. The van der Waals surface area contributed by atoms with Crippen LogP contribution in [0, 0.1) is 6.92 Å². The van der Waals surface area contributed by atoms with Crippen LogP contribution in [-0.2, 0) is 24.4 Å². The summed E-state index contributed by atoms with van der Waals surface area (Å²) in [6.45, 7) is 9.44. The predicted molar refractivity (Wildman–Crippen MR) is 238 cm³/mol. The zero-order valence-electron chi connectivity index (χ0n) is 35.8. The summed E-state index contributed by atoms with van der Waals surface area (Å²) in [6, 6.07) is 8.13. The molecule has 0 saturated carbocycles. The maximum atomic E-state index is 13.7. The summed E-state index contributed by atoms with van der Waals surface area (Å²) in [5, 5.41) is 10.2. The number of primary amides is 2. The van der Waals surface area contributed by atoms with Gasteiger partial charge in [0.1, 0.15) is 40.5 Å². The molecule has 1 atom stereocenters. The smallest absolute Gasteiger partial charge is 0.276 e. The third kappa shape index (κ3) is 9.84. The maximum absolute atomic E-state index is 13.7. The molecule has 1 aliphatic heterocycles. The van der Waals surface area contributed by atoms with Crippen molar-refractivity contribution < 1.29 is 28.7 Å². The molecule has 4 amide bonds. The molecule has 8 N–H and O–H groups in total. The zero-order valence-corrected chi connectivity index (χ0v) is 35.8. The molecule has 0 radical (unpaired) electrons. The summed E-state index contributed by atoms with van der Waals surface area (Å²) < 4.78 is 17.1. The van der Waals surface area contributed by atoms with E-state index in [1.807, 2.05) is 25.2 Å². The molecule has 326 valence electrons. The van der Waals surface area contributed by atoms with Crippen molar-refractivity contribution in [3.63, 3.8) is 0 Å². The van der Waals surface area contributed by atoms with Crippen molar-refractivity contribution in [1.82, 2.24) is 33.8 Å². The number of ether oxygens (including phenoxy) is 2. The van der Waals surface area contributed by atoms with E-state index >= 15 is 0 Å². The van der Waals surface area contributed by atoms with Crippen molar-refractivity contribution in [2.75, 3.05) is 44.5 Å². The molecule has 0 aliphatic carbocycles. The number of likely N-dealkylation sites (tertiary alicyclic amines) is 1. The molecule has 6 rings (SSSR count). The van der Waals surface area contributed by atoms with Crippen LogP contribution in [0.2, 0.25) is 0 Å². The van der Waals surface area contributed by atoms with Gasteiger partial charge in [-0.05, 0) is 96.6 Å². The molecule has 4 heterocycles. The quantitative estimate of drug-likeness (QED) is 0.0624. The molecule has 2 aromatic carbocycles. The van der Waals surface area contributed by atoms with E-state index in [0.29, 0.717) is 69.8 Å². The zero-order chi connectivity index (χ0) is 44.7. The number of likely N-dealkylation sites (N-methyl/N-ethyl adjacent to an activating group) is 1. The fraction of sp³-hybridized carbons (Fsp3) is 0.349. The van der Waals surface area contributed by atoms with E-state index in [1.54, 1.807) is 52.8 Å². The van der Waals surface area contributed by atoms with Gasteiger partial charge in [0.05, 0.1) is 23.8 Å². The monoisotopic (exact) mass is 847 g/mol. The van der Waals surface area contributed by atoms with Gasteiger partial charge in [0, 0.05) is 49.0 Å². The van der Waals surface area contributed by atoms with Gasteiger partial charge in [0.2, 0.25) is 23.7 Å². The minimum atomic E-state index is -0.677. The van der Waals surface area contributed by atoms with Gasteiger partial charge < -0.3 is 35.8 Å². The van der Waals surface area contributed by atoms with Gasteiger partial charge in [-0.1, -0.05) is 18.2 Å². The van der Waals surface area contributed by atoms with Gasteiger partial charge in [-0.2, -0.15) is 5.10 Å². The summed E-state index contributed by atoms with van der Waals surface area (Å²) in [5.41, 5.74) is 20.9. The van der Waals surface area contributed by atoms with Crippen molar-refractivity contribution in [2.45, 2.75) is 66.2 Å². The molecule has 62 heavy (non-hydrogen) atoms. The molecule has 0 unspecified atom stereocenters. The summed E-state index contributed by atoms with van der Waals surface area (Å²) in [5.74, 6) is -1.39. The number of aryl methyl sites for hydroxylation is 2. The molecule has 19 nitrogen and oxygen atoms in total. The second kappa shape index (κ2) is 19.4. The Morgan fingerprint density at radius 3 is 2.05 bits per heavy atom. The Balaban J connectivity index is 1.41. The Labute approximate surface area is 358 Å². The standard InChI is InChI=1S/C43H53N13O6/c1-7-47-32(19-25(3)44)40(59)50-42-49-31-22-28(39(46)58)24-35(62-18-12-14-29-13-11-15-53(29)5)37(31)55(42)17-10-9-16-54-36-30(21-27(38(45)57)23-34(36)61-6)48-43(54)51-41(60)33-20-26(4)52-56(33)8-2/h9-10,12,14,19-24,29H,7-8,11,13,15-18,44H2,1-6H3,(H2,45,57)(H2,46,58)(H,48,51,60)(H,49,50,59)/b10-9+,14-12+,25-19-,47-32?/t29-/m0/s1. The third-order valence-corrected chi connectivity index (χ3v) is 10.2. The first kappa shape index (κ1) is 44.3. The largest absolute Gasteiger partial charge is 0.494 e. The normalized spacial score (nSPS) is 15.0. The summed E-state index contributed by atoms with van der Waals surface area (Å²) in [7, 11) is 3.54. The average molecular weight is 848 g/mol. The average Bonchev–Trinajstić information content (AvgIpc) is 4.00. The molecule has 1 saturated heterocycles. The molecule has 0 spiro atoms. The second-order valence-electron chi connectivity index (χ2n) is 14.8. The topological polar surface area (TPSA) is 258 Å². The lowest BCUT2D eigenvalue weighted by Gasteiger charge is -2.15. The van der Waals surface area contributed by atoms with Crippen LogP contribution in [0.25, 0.3) is 22.1 Å². The highest BCUT2D eigenvalue weighted by Crippen LogP contribution is 2.33. The number of allylic oxidation sites excluding steroid dienone is 3. The number of fused-ring (bicyclic) bond motifs is 2.